The fourth-order valence-corrected chi connectivity index (χ4v) is 3.75. The molecule has 0 aromatic heterocycles. The van der Waals surface area contributed by atoms with Gasteiger partial charge >= 0.3 is 10.1 Å². The van der Waals surface area contributed by atoms with Crippen molar-refractivity contribution in [3.63, 3.8) is 0 Å². The Morgan fingerprint density at radius 3 is 2.20 bits per heavy atom. The Kier molecular flexibility index (Phi) is 8.25. The molecule has 0 aliphatic rings. The lowest BCUT2D eigenvalue weighted by Crippen LogP contribution is -2.38. The van der Waals surface area contributed by atoms with Crippen LogP contribution < -0.4 is 8.92 Å². The molecule has 1 amide bonds. The molecule has 0 heterocycles. The second kappa shape index (κ2) is 10.4. The summed E-state index contributed by atoms with van der Waals surface area (Å²) in [6.45, 7) is 5.19. The van der Waals surface area contributed by atoms with Crippen LogP contribution in [0.3, 0.4) is 0 Å². The van der Waals surface area contributed by atoms with Gasteiger partial charge in [-0.2, -0.15) is 8.42 Å². The largest absolute Gasteiger partial charge is 0.497 e. The maximum absolute atomic E-state index is 12.7. The second-order valence-electron chi connectivity index (χ2n) is 7.54. The number of carbonyl (C=O) groups excluding carboxylic acids is 1. The topological polar surface area (TPSA) is 76.2 Å². The van der Waals surface area contributed by atoms with Crippen LogP contribution in [0.1, 0.15) is 19.4 Å². The van der Waals surface area contributed by atoms with Crippen LogP contribution in [0, 0.1) is 5.92 Å². The first-order valence-electron chi connectivity index (χ1n) is 9.74. The van der Waals surface area contributed by atoms with Crippen molar-refractivity contribution in [2.75, 3.05) is 34.3 Å². The highest BCUT2D eigenvalue weighted by Gasteiger charge is 2.22. The zero-order valence-corrected chi connectivity index (χ0v) is 19.0. The first-order valence-corrected chi connectivity index (χ1v) is 11.1. The first kappa shape index (κ1) is 23.7. The molecule has 0 saturated heterocycles. The van der Waals surface area contributed by atoms with Crippen LogP contribution in [-0.4, -0.2) is 58.4 Å². The molecule has 0 aliphatic carbocycles. The summed E-state index contributed by atoms with van der Waals surface area (Å²) >= 11 is 0. The van der Waals surface area contributed by atoms with E-state index < -0.39 is 10.1 Å². The third kappa shape index (κ3) is 6.47. The van der Waals surface area contributed by atoms with Crippen LogP contribution in [0.4, 0.5) is 0 Å². The predicted octanol–water partition coefficient (Wildman–Crippen LogP) is 3.01. The molecule has 2 aromatic carbocycles. The van der Waals surface area contributed by atoms with Gasteiger partial charge in [-0.3, -0.25) is 4.79 Å². The van der Waals surface area contributed by atoms with Crippen molar-refractivity contribution < 1.29 is 22.1 Å². The van der Waals surface area contributed by atoms with Gasteiger partial charge in [0, 0.05) is 31.1 Å². The third-order valence-corrected chi connectivity index (χ3v) is 5.75. The number of likely N-dealkylation sites (N-methyl/N-ethyl adjacent to an activating group) is 1. The molecule has 30 heavy (non-hydrogen) atoms. The Labute approximate surface area is 179 Å². The number of methoxy groups -OCH3 is 1. The Morgan fingerprint density at radius 1 is 1.00 bits per heavy atom. The van der Waals surface area contributed by atoms with E-state index in [0.717, 1.165) is 0 Å². The molecule has 8 heteroatoms. The molecule has 0 atom stereocenters. The van der Waals surface area contributed by atoms with E-state index in [-0.39, 0.29) is 29.0 Å². The molecule has 164 valence electrons. The number of carbonyl (C=O) groups is 1. The number of hydrogen-bond donors (Lipinski definition) is 0. The van der Waals surface area contributed by atoms with Crippen LogP contribution >= 0.6 is 0 Å². The van der Waals surface area contributed by atoms with Gasteiger partial charge in [-0.25, -0.2) is 0 Å². The van der Waals surface area contributed by atoms with Crippen molar-refractivity contribution in [3.05, 3.63) is 54.1 Å². The molecule has 2 rings (SSSR count). The number of ether oxygens (including phenoxy) is 1. The van der Waals surface area contributed by atoms with E-state index >= 15 is 0 Å². The maximum Gasteiger partial charge on any atom is 0.339 e. The molecule has 0 bridgehead atoms. The summed E-state index contributed by atoms with van der Waals surface area (Å²) in [5, 5.41) is 0. The molecule has 7 nitrogen and oxygen atoms in total. The quantitative estimate of drug-likeness (QED) is 0.535. The Balaban J connectivity index is 2.27. The first-order chi connectivity index (χ1) is 14.1. The van der Waals surface area contributed by atoms with Crippen molar-refractivity contribution in [2.45, 2.75) is 25.3 Å². The Bertz CT molecular complexity index is 940. The van der Waals surface area contributed by atoms with Gasteiger partial charge in [0.05, 0.1) is 7.11 Å². The van der Waals surface area contributed by atoms with Gasteiger partial charge in [0.15, 0.2) is 0 Å². The van der Waals surface area contributed by atoms with E-state index in [1.807, 2.05) is 32.8 Å². The average Bonchev–Trinajstić information content (AvgIpc) is 2.71. The monoisotopic (exact) mass is 434 g/mol. The van der Waals surface area contributed by atoms with Crippen molar-refractivity contribution in [2.24, 2.45) is 5.92 Å². The van der Waals surface area contributed by atoms with Gasteiger partial charge in [-0.15, -0.1) is 0 Å². The molecule has 0 fully saturated rings. The molecule has 0 N–H and O–H groups in total. The van der Waals surface area contributed by atoms with E-state index in [4.69, 9.17) is 8.92 Å². The zero-order valence-electron chi connectivity index (χ0n) is 18.2. The predicted molar refractivity (Wildman–Crippen MR) is 116 cm³/mol. The van der Waals surface area contributed by atoms with Crippen LogP contribution in [0.15, 0.2) is 53.4 Å². The summed E-state index contributed by atoms with van der Waals surface area (Å²) in [7, 11) is 1.37. The smallest absolute Gasteiger partial charge is 0.339 e. The van der Waals surface area contributed by atoms with Gasteiger partial charge in [-0.1, -0.05) is 32.0 Å². The highest BCUT2D eigenvalue weighted by molar-refractivity contribution is 7.87. The van der Waals surface area contributed by atoms with Crippen LogP contribution in [0.2, 0.25) is 0 Å². The molecular weight excluding hydrogens is 404 g/mol. The van der Waals surface area contributed by atoms with Crippen molar-refractivity contribution in [3.8, 4) is 11.5 Å². The summed E-state index contributed by atoms with van der Waals surface area (Å²) in [6, 6.07) is 12.9. The van der Waals surface area contributed by atoms with Gasteiger partial charge in [0.25, 0.3) is 0 Å². The molecule has 0 spiro atoms. The number of para-hydroxylation sites is 1. The molecule has 0 radical (unpaired) electrons. The third-order valence-electron chi connectivity index (χ3n) is 4.50. The van der Waals surface area contributed by atoms with E-state index in [0.29, 0.717) is 24.4 Å². The number of hydrogen-bond acceptors (Lipinski definition) is 6. The van der Waals surface area contributed by atoms with Crippen LogP contribution in [-0.2, 0) is 21.5 Å². The summed E-state index contributed by atoms with van der Waals surface area (Å²) in [5.41, 5.74) is 0.627. The molecule has 0 unspecified atom stereocenters. The number of nitrogens with zero attached hydrogens (tertiary/aromatic N) is 2. The van der Waals surface area contributed by atoms with E-state index in [2.05, 4.69) is 0 Å². The maximum atomic E-state index is 12.7. The van der Waals surface area contributed by atoms with E-state index in [1.165, 1.54) is 19.2 Å². The summed E-state index contributed by atoms with van der Waals surface area (Å²) < 4.78 is 36.0. The normalized spacial score (nSPS) is 11.6. The van der Waals surface area contributed by atoms with Gasteiger partial charge in [0.2, 0.25) is 5.91 Å². The fraction of sp³-hybridized carbons (Fsp3) is 0.409. The lowest BCUT2D eigenvalue weighted by Gasteiger charge is -2.27. The lowest BCUT2D eigenvalue weighted by molar-refractivity contribution is -0.135. The molecule has 0 saturated carbocycles. The van der Waals surface area contributed by atoms with Crippen LogP contribution in [0.25, 0.3) is 0 Å². The molecule has 2 aromatic rings. The summed E-state index contributed by atoms with van der Waals surface area (Å²) in [5.74, 6) is 0.603. The van der Waals surface area contributed by atoms with Gasteiger partial charge in [-0.05, 0) is 44.4 Å². The highest BCUT2D eigenvalue weighted by Crippen LogP contribution is 2.25. The van der Waals surface area contributed by atoms with Crippen molar-refractivity contribution in [1.29, 1.82) is 0 Å². The fourth-order valence-electron chi connectivity index (χ4n) is 2.78. The average molecular weight is 435 g/mol. The van der Waals surface area contributed by atoms with Crippen molar-refractivity contribution in [1.82, 2.24) is 9.80 Å². The minimum absolute atomic E-state index is 0.00432. The van der Waals surface area contributed by atoms with E-state index in [1.54, 1.807) is 41.3 Å². The molecule has 0 aliphatic heterocycles. The summed E-state index contributed by atoms with van der Waals surface area (Å²) in [4.78, 5) is 16.4. The zero-order chi connectivity index (χ0) is 22.3. The number of amides is 1. The van der Waals surface area contributed by atoms with Gasteiger partial charge in [0.1, 0.15) is 16.4 Å². The van der Waals surface area contributed by atoms with Crippen LogP contribution in [0.5, 0.6) is 11.5 Å². The highest BCUT2D eigenvalue weighted by atomic mass is 32.2. The van der Waals surface area contributed by atoms with Crippen molar-refractivity contribution >= 4 is 16.0 Å². The number of benzene rings is 2. The standard InChI is InChI=1S/C22H30N2O5S/c1-17(2)22(25)24(15-14-23(3)4)16-18-8-6-7-9-21(18)29-30(26,27)20-12-10-19(28-5)11-13-20/h6-13,17H,14-16H2,1-5H3. The Hall–Kier alpha value is -2.58. The lowest BCUT2D eigenvalue weighted by atomic mass is 10.1. The second-order valence-corrected chi connectivity index (χ2v) is 9.08. The number of rotatable bonds is 10. The van der Waals surface area contributed by atoms with E-state index in [9.17, 15) is 13.2 Å². The summed E-state index contributed by atoms with van der Waals surface area (Å²) in [6.07, 6.45) is 0. The minimum Gasteiger partial charge on any atom is -0.497 e. The molecular formula is C22H30N2O5S. The minimum atomic E-state index is -4.03. The Morgan fingerprint density at radius 2 is 1.63 bits per heavy atom. The SMILES string of the molecule is COc1ccc(S(=O)(=O)Oc2ccccc2CN(CCN(C)C)C(=O)C(C)C)cc1. The van der Waals surface area contributed by atoms with Gasteiger partial charge < -0.3 is 18.7 Å².